The molecule has 0 aliphatic rings. The highest BCUT2D eigenvalue weighted by Crippen LogP contribution is 2.26. The van der Waals surface area contributed by atoms with E-state index in [1.165, 1.54) is 0 Å². The van der Waals surface area contributed by atoms with E-state index in [-0.39, 0.29) is 0 Å². The number of benzene rings is 2. The molecule has 0 aromatic heterocycles. The van der Waals surface area contributed by atoms with Gasteiger partial charge in [0.1, 0.15) is 5.75 Å². The van der Waals surface area contributed by atoms with Gasteiger partial charge in [-0.25, -0.2) is 0 Å². The zero-order valence-corrected chi connectivity index (χ0v) is 12.1. The smallest absolute Gasteiger partial charge is 0.121 e. The summed E-state index contributed by atoms with van der Waals surface area (Å²) in [5, 5.41) is 19.7. The molecule has 0 fully saturated rings. The van der Waals surface area contributed by atoms with Gasteiger partial charge in [-0.3, -0.25) is 0 Å². The van der Waals surface area contributed by atoms with E-state index in [0.717, 1.165) is 22.3 Å². The van der Waals surface area contributed by atoms with Crippen LogP contribution in [0.3, 0.4) is 0 Å². The molecule has 0 radical (unpaired) electrons. The number of phenolic OH excluding ortho intramolecular Hbond substituents is 1. The second-order valence-electron chi connectivity index (χ2n) is 4.68. The molecule has 1 N–H and O–H groups in total. The number of hydrogen-bond acceptors (Lipinski definition) is 2. The molecule has 2 rings (SSSR count). The Bertz CT molecular complexity index is 686. The van der Waals surface area contributed by atoms with Gasteiger partial charge < -0.3 is 5.11 Å². The normalized spacial score (nSPS) is 11.2. The van der Waals surface area contributed by atoms with Gasteiger partial charge in [-0.05, 0) is 66.4 Å². The number of aryl methyl sites for hydroxylation is 2. The monoisotopic (exact) mass is 283 g/mol. The summed E-state index contributed by atoms with van der Waals surface area (Å²) in [4.78, 5) is 0. The Hall–Kier alpha value is -2.24. The molecule has 2 nitrogen and oxygen atoms in total. The first-order valence-corrected chi connectivity index (χ1v) is 6.57. The maximum atomic E-state index is 9.77. The molecule has 0 unspecified atom stereocenters. The van der Waals surface area contributed by atoms with E-state index in [2.05, 4.69) is 6.07 Å². The van der Waals surface area contributed by atoms with Crippen molar-refractivity contribution in [2.24, 2.45) is 0 Å². The number of nitrogens with zero attached hydrogens (tertiary/aromatic N) is 1. The lowest BCUT2D eigenvalue weighted by atomic mass is 10.0. The lowest BCUT2D eigenvalue weighted by Crippen LogP contribution is -1.86. The van der Waals surface area contributed by atoms with Crippen molar-refractivity contribution >= 4 is 23.3 Å². The second kappa shape index (κ2) is 5.81. The van der Waals surface area contributed by atoms with Gasteiger partial charge >= 0.3 is 0 Å². The lowest BCUT2D eigenvalue weighted by molar-refractivity contribution is 0.467. The average Bonchev–Trinajstić information content (AvgIpc) is 2.43. The molecule has 0 spiro atoms. The highest BCUT2D eigenvalue weighted by molar-refractivity contribution is 6.30. The van der Waals surface area contributed by atoms with Crippen molar-refractivity contribution in [2.75, 3.05) is 0 Å². The van der Waals surface area contributed by atoms with Crippen LogP contribution in [0.2, 0.25) is 5.02 Å². The van der Waals surface area contributed by atoms with Gasteiger partial charge in [0.25, 0.3) is 0 Å². The molecule has 100 valence electrons. The summed E-state index contributed by atoms with van der Waals surface area (Å²) in [5.74, 6) is 0.298. The number of aromatic hydroxyl groups is 1. The zero-order chi connectivity index (χ0) is 14.7. The Morgan fingerprint density at radius 1 is 1.15 bits per heavy atom. The molecule has 2 aromatic rings. The third-order valence-electron chi connectivity index (χ3n) is 3.10. The van der Waals surface area contributed by atoms with Crippen molar-refractivity contribution < 1.29 is 5.11 Å². The van der Waals surface area contributed by atoms with Crippen LogP contribution in [0.1, 0.15) is 22.3 Å². The van der Waals surface area contributed by atoms with Crippen molar-refractivity contribution in [2.45, 2.75) is 13.8 Å². The summed E-state index contributed by atoms with van der Waals surface area (Å²) in [5.41, 5.74) is 3.87. The van der Waals surface area contributed by atoms with E-state index >= 15 is 0 Å². The Morgan fingerprint density at radius 2 is 1.70 bits per heavy atom. The minimum atomic E-state index is 0.298. The van der Waals surface area contributed by atoms with Crippen LogP contribution in [0, 0.1) is 25.2 Å². The summed E-state index contributed by atoms with van der Waals surface area (Å²) in [6.45, 7) is 3.68. The van der Waals surface area contributed by atoms with E-state index in [0.29, 0.717) is 16.3 Å². The number of phenols is 1. The first-order chi connectivity index (χ1) is 9.51. The summed E-state index contributed by atoms with van der Waals surface area (Å²) >= 11 is 5.85. The van der Waals surface area contributed by atoms with Gasteiger partial charge in [-0.15, -0.1) is 0 Å². The van der Waals surface area contributed by atoms with Crippen LogP contribution in [-0.2, 0) is 0 Å². The number of nitriles is 1. The van der Waals surface area contributed by atoms with Crippen LogP contribution >= 0.6 is 11.6 Å². The molecule has 0 saturated carbocycles. The van der Waals surface area contributed by atoms with E-state index in [4.69, 9.17) is 11.6 Å². The topological polar surface area (TPSA) is 44.0 Å². The molecular weight excluding hydrogens is 270 g/mol. The molecule has 0 bridgehead atoms. The van der Waals surface area contributed by atoms with Crippen molar-refractivity contribution in [3.8, 4) is 11.8 Å². The highest BCUT2D eigenvalue weighted by Gasteiger charge is 2.05. The number of halogens is 1. The predicted octanol–water partition coefficient (Wildman–Crippen LogP) is 4.73. The standard InChI is InChI=1S/C17H14ClNO/c1-11-7-13(8-12(2)17(11)20)9-15(10-19)14-3-5-16(18)6-4-14/h3-9,20H,1-2H3/b15-9-. The van der Waals surface area contributed by atoms with E-state index in [1.807, 2.05) is 44.2 Å². The molecule has 0 saturated heterocycles. The lowest BCUT2D eigenvalue weighted by Gasteiger charge is -2.06. The molecule has 20 heavy (non-hydrogen) atoms. The average molecular weight is 284 g/mol. The van der Waals surface area contributed by atoms with Crippen LogP contribution in [0.15, 0.2) is 36.4 Å². The van der Waals surface area contributed by atoms with E-state index in [1.54, 1.807) is 12.1 Å². The molecule has 3 heteroatoms. The van der Waals surface area contributed by atoms with Gasteiger partial charge in [-0.2, -0.15) is 5.26 Å². The van der Waals surface area contributed by atoms with Crippen LogP contribution in [0.25, 0.3) is 11.6 Å². The molecule has 2 aromatic carbocycles. The number of allylic oxidation sites excluding steroid dienone is 1. The third-order valence-corrected chi connectivity index (χ3v) is 3.35. The summed E-state index contributed by atoms with van der Waals surface area (Å²) < 4.78 is 0. The van der Waals surface area contributed by atoms with Crippen LogP contribution < -0.4 is 0 Å². The van der Waals surface area contributed by atoms with Crippen molar-refractivity contribution in [3.63, 3.8) is 0 Å². The highest BCUT2D eigenvalue weighted by atomic mass is 35.5. The van der Waals surface area contributed by atoms with Crippen LogP contribution in [0.5, 0.6) is 5.75 Å². The quantitative estimate of drug-likeness (QED) is 0.640. The molecule has 0 amide bonds. The maximum Gasteiger partial charge on any atom is 0.121 e. The van der Waals surface area contributed by atoms with Gasteiger partial charge in [0, 0.05) is 5.02 Å². The van der Waals surface area contributed by atoms with Gasteiger partial charge in [-0.1, -0.05) is 23.7 Å². The van der Waals surface area contributed by atoms with Gasteiger partial charge in [0.2, 0.25) is 0 Å². The molecular formula is C17H14ClNO. The zero-order valence-electron chi connectivity index (χ0n) is 11.3. The predicted molar refractivity (Wildman–Crippen MR) is 82.5 cm³/mol. The SMILES string of the molecule is Cc1cc(/C=C(/C#N)c2ccc(Cl)cc2)cc(C)c1O. The largest absolute Gasteiger partial charge is 0.507 e. The molecule has 0 atom stereocenters. The Kier molecular flexibility index (Phi) is 4.12. The Morgan fingerprint density at radius 3 is 2.20 bits per heavy atom. The first-order valence-electron chi connectivity index (χ1n) is 6.19. The molecule has 0 heterocycles. The summed E-state index contributed by atoms with van der Waals surface area (Å²) in [6, 6.07) is 13.1. The summed E-state index contributed by atoms with van der Waals surface area (Å²) in [6.07, 6.45) is 1.81. The fourth-order valence-electron chi connectivity index (χ4n) is 2.05. The third kappa shape index (κ3) is 3.01. The van der Waals surface area contributed by atoms with E-state index < -0.39 is 0 Å². The fourth-order valence-corrected chi connectivity index (χ4v) is 2.17. The Labute approximate surface area is 123 Å². The van der Waals surface area contributed by atoms with Gasteiger partial charge in [0.15, 0.2) is 0 Å². The minimum absolute atomic E-state index is 0.298. The first kappa shape index (κ1) is 14.2. The van der Waals surface area contributed by atoms with Crippen molar-refractivity contribution in [1.29, 1.82) is 5.26 Å². The van der Waals surface area contributed by atoms with E-state index in [9.17, 15) is 10.4 Å². The Balaban J connectivity index is 2.47. The summed E-state index contributed by atoms with van der Waals surface area (Å²) in [7, 11) is 0. The maximum absolute atomic E-state index is 9.77. The second-order valence-corrected chi connectivity index (χ2v) is 5.12. The minimum Gasteiger partial charge on any atom is -0.507 e. The van der Waals surface area contributed by atoms with Gasteiger partial charge in [0.05, 0.1) is 11.6 Å². The van der Waals surface area contributed by atoms with Crippen molar-refractivity contribution in [3.05, 3.63) is 63.7 Å². The van der Waals surface area contributed by atoms with Crippen molar-refractivity contribution in [1.82, 2.24) is 0 Å². The molecule has 0 aliphatic carbocycles. The van der Waals surface area contributed by atoms with Crippen LogP contribution in [-0.4, -0.2) is 5.11 Å². The number of hydrogen-bond donors (Lipinski definition) is 1. The van der Waals surface area contributed by atoms with Crippen LogP contribution in [0.4, 0.5) is 0 Å². The number of rotatable bonds is 2. The molecule has 0 aliphatic heterocycles. The fraction of sp³-hybridized carbons (Fsp3) is 0.118.